The maximum absolute atomic E-state index is 12.1. The first-order valence-electron chi connectivity index (χ1n) is 6.74. The van der Waals surface area contributed by atoms with Crippen molar-refractivity contribution < 1.29 is 17.4 Å². The van der Waals surface area contributed by atoms with Gasteiger partial charge in [0.05, 0.1) is 4.90 Å². The van der Waals surface area contributed by atoms with E-state index in [1.807, 2.05) is 13.0 Å². The molecular formula is C16H17NO4S. The second-order valence-corrected chi connectivity index (χ2v) is 6.43. The fourth-order valence-corrected chi connectivity index (χ4v) is 2.81. The molecule has 0 aliphatic heterocycles. The molecular weight excluding hydrogens is 302 g/mol. The lowest BCUT2D eigenvalue weighted by Gasteiger charge is -2.13. The number of benzene rings is 2. The van der Waals surface area contributed by atoms with Crippen molar-refractivity contribution in [2.45, 2.75) is 24.8 Å². The molecule has 116 valence electrons. The highest BCUT2D eigenvalue weighted by atomic mass is 32.2. The molecule has 0 saturated heterocycles. The van der Waals surface area contributed by atoms with E-state index in [2.05, 4.69) is 5.32 Å². The van der Waals surface area contributed by atoms with E-state index in [0.29, 0.717) is 5.69 Å². The van der Waals surface area contributed by atoms with Crippen molar-refractivity contribution in [2.24, 2.45) is 0 Å². The van der Waals surface area contributed by atoms with Crippen LogP contribution in [0.3, 0.4) is 0 Å². The van der Waals surface area contributed by atoms with Gasteiger partial charge in [-0.1, -0.05) is 35.9 Å². The monoisotopic (exact) mass is 319 g/mol. The average Bonchev–Trinajstić information content (AvgIpc) is 2.48. The quantitative estimate of drug-likeness (QED) is 0.860. The average molecular weight is 319 g/mol. The minimum atomic E-state index is -3.97. The topological polar surface area (TPSA) is 72.5 Å². The summed E-state index contributed by atoms with van der Waals surface area (Å²) in [5, 5.41) is 2.60. The third-order valence-electron chi connectivity index (χ3n) is 2.99. The molecule has 5 nitrogen and oxygen atoms in total. The maximum Gasteiger partial charge on any atom is 0.297 e. The van der Waals surface area contributed by atoms with Gasteiger partial charge in [0.15, 0.2) is 6.10 Å². The van der Waals surface area contributed by atoms with E-state index in [9.17, 15) is 13.2 Å². The zero-order valence-electron chi connectivity index (χ0n) is 12.3. The lowest BCUT2D eigenvalue weighted by atomic mass is 10.2. The molecule has 0 spiro atoms. The van der Waals surface area contributed by atoms with Gasteiger partial charge in [0.1, 0.15) is 0 Å². The van der Waals surface area contributed by atoms with Crippen LogP contribution in [-0.2, 0) is 19.1 Å². The summed E-state index contributed by atoms with van der Waals surface area (Å²) in [6, 6.07) is 15.0. The molecule has 1 N–H and O–H groups in total. The number of amides is 1. The van der Waals surface area contributed by atoms with Crippen LogP contribution >= 0.6 is 0 Å². The number of aryl methyl sites for hydroxylation is 1. The fraction of sp³-hybridized carbons (Fsp3) is 0.188. The van der Waals surface area contributed by atoms with Crippen molar-refractivity contribution in [2.75, 3.05) is 5.32 Å². The molecule has 0 unspecified atom stereocenters. The van der Waals surface area contributed by atoms with Gasteiger partial charge >= 0.3 is 0 Å². The van der Waals surface area contributed by atoms with E-state index in [-0.39, 0.29) is 4.90 Å². The predicted octanol–water partition coefficient (Wildman–Crippen LogP) is 2.73. The fourth-order valence-electron chi connectivity index (χ4n) is 1.76. The molecule has 2 rings (SSSR count). The maximum atomic E-state index is 12.1. The Morgan fingerprint density at radius 1 is 1.05 bits per heavy atom. The summed E-state index contributed by atoms with van der Waals surface area (Å²) in [6.07, 6.45) is -1.13. The van der Waals surface area contributed by atoms with Crippen LogP contribution in [-0.4, -0.2) is 20.4 Å². The van der Waals surface area contributed by atoms with E-state index in [4.69, 9.17) is 4.18 Å². The van der Waals surface area contributed by atoms with Crippen LogP contribution in [0, 0.1) is 6.92 Å². The van der Waals surface area contributed by atoms with Crippen molar-refractivity contribution in [3.63, 3.8) is 0 Å². The molecule has 2 aromatic carbocycles. The number of rotatable bonds is 5. The van der Waals surface area contributed by atoms with E-state index in [0.717, 1.165) is 5.56 Å². The molecule has 0 bridgehead atoms. The molecule has 0 saturated carbocycles. The largest absolute Gasteiger partial charge is 0.324 e. The first-order valence-corrected chi connectivity index (χ1v) is 8.15. The smallest absolute Gasteiger partial charge is 0.297 e. The zero-order chi connectivity index (χ0) is 16.2. The normalized spacial score (nSPS) is 12.6. The van der Waals surface area contributed by atoms with Gasteiger partial charge in [-0.05, 0) is 38.1 Å². The van der Waals surface area contributed by atoms with Crippen molar-refractivity contribution in [3.8, 4) is 0 Å². The molecule has 0 fully saturated rings. The number of para-hydroxylation sites is 1. The summed E-state index contributed by atoms with van der Waals surface area (Å²) in [7, 11) is -3.97. The Kier molecular flexibility index (Phi) is 4.95. The van der Waals surface area contributed by atoms with Crippen molar-refractivity contribution in [3.05, 3.63) is 60.2 Å². The molecule has 1 amide bonds. The summed E-state index contributed by atoms with van der Waals surface area (Å²) < 4.78 is 29.2. The zero-order valence-corrected chi connectivity index (χ0v) is 13.1. The van der Waals surface area contributed by atoms with E-state index >= 15 is 0 Å². The van der Waals surface area contributed by atoms with Crippen LogP contribution in [0.4, 0.5) is 5.69 Å². The molecule has 0 aliphatic carbocycles. The Morgan fingerprint density at radius 3 is 2.23 bits per heavy atom. The van der Waals surface area contributed by atoms with Gasteiger partial charge < -0.3 is 5.32 Å². The molecule has 0 radical (unpaired) electrons. The second kappa shape index (κ2) is 6.72. The molecule has 22 heavy (non-hydrogen) atoms. The number of anilines is 1. The highest BCUT2D eigenvalue weighted by Crippen LogP contribution is 2.16. The number of carbonyl (C=O) groups is 1. The van der Waals surface area contributed by atoms with E-state index < -0.39 is 22.1 Å². The Labute approximate surface area is 130 Å². The first kappa shape index (κ1) is 16.2. The Morgan fingerprint density at radius 2 is 1.64 bits per heavy atom. The number of hydrogen-bond donors (Lipinski definition) is 1. The number of carbonyl (C=O) groups excluding carboxylic acids is 1. The van der Waals surface area contributed by atoms with Gasteiger partial charge in [0, 0.05) is 5.69 Å². The number of nitrogens with one attached hydrogen (secondary N) is 1. The van der Waals surface area contributed by atoms with Gasteiger partial charge in [-0.3, -0.25) is 8.98 Å². The van der Waals surface area contributed by atoms with Crippen molar-refractivity contribution in [1.29, 1.82) is 0 Å². The molecule has 0 heterocycles. The number of hydrogen-bond acceptors (Lipinski definition) is 4. The van der Waals surface area contributed by atoms with Crippen LogP contribution < -0.4 is 5.32 Å². The predicted molar refractivity (Wildman–Crippen MR) is 84.0 cm³/mol. The molecule has 2 aromatic rings. The van der Waals surface area contributed by atoms with Crippen molar-refractivity contribution >= 4 is 21.7 Å². The lowest BCUT2D eigenvalue weighted by Crippen LogP contribution is -2.30. The minimum absolute atomic E-state index is 0.0254. The summed E-state index contributed by atoms with van der Waals surface area (Å²) in [5.74, 6) is -0.526. The van der Waals surface area contributed by atoms with Crippen molar-refractivity contribution in [1.82, 2.24) is 0 Å². The Hall–Kier alpha value is -2.18. The summed E-state index contributed by atoms with van der Waals surface area (Å²) in [6.45, 7) is 3.25. The standard InChI is InChI=1S/C16H17NO4S/c1-12-8-10-15(11-9-12)22(19,20)21-13(2)16(18)17-14-6-4-3-5-7-14/h3-11,13H,1-2H3,(H,17,18)/t13-/m0/s1. The molecule has 0 aliphatic rings. The van der Waals surface area contributed by atoms with Gasteiger partial charge in [-0.15, -0.1) is 0 Å². The lowest BCUT2D eigenvalue weighted by molar-refractivity contribution is -0.121. The van der Waals surface area contributed by atoms with E-state index in [1.165, 1.54) is 19.1 Å². The molecule has 6 heteroatoms. The van der Waals surface area contributed by atoms with Gasteiger partial charge in [-0.25, -0.2) is 0 Å². The third-order valence-corrected chi connectivity index (χ3v) is 4.38. The highest BCUT2D eigenvalue weighted by Gasteiger charge is 2.23. The van der Waals surface area contributed by atoms with Crippen LogP contribution in [0.25, 0.3) is 0 Å². The highest BCUT2D eigenvalue weighted by molar-refractivity contribution is 7.86. The van der Waals surface area contributed by atoms with Gasteiger partial charge in [0.2, 0.25) is 0 Å². The summed E-state index contributed by atoms with van der Waals surface area (Å²) >= 11 is 0. The molecule has 0 aromatic heterocycles. The Balaban J connectivity index is 2.05. The minimum Gasteiger partial charge on any atom is -0.324 e. The van der Waals surface area contributed by atoms with Gasteiger partial charge in [-0.2, -0.15) is 8.42 Å². The van der Waals surface area contributed by atoms with Gasteiger partial charge in [0.25, 0.3) is 16.0 Å². The van der Waals surface area contributed by atoms with Crippen LogP contribution in [0.5, 0.6) is 0 Å². The van der Waals surface area contributed by atoms with Crippen LogP contribution in [0.15, 0.2) is 59.5 Å². The Bertz CT molecular complexity index is 739. The SMILES string of the molecule is Cc1ccc(S(=O)(=O)O[C@@H](C)C(=O)Nc2ccccc2)cc1. The van der Waals surface area contributed by atoms with Crippen LogP contribution in [0.1, 0.15) is 12.5 Å². The first-order chi connectivity index (χ1) is 10.4. The third kappa shape index (κ3) is 4.16. The summed E-state index contributed by atoms with van der Waals surface area (Å²) in [5.41, 5.74) is 1.52. The summed E-state index contributed by atoms with van der Waals surface area (Å²) in [4.78, 5) is 12.0. The van der Waals surface area contributed by atoms with E-state index in [1.54, 1.807) is 36.4 Å². The van der Waals surface area contributed by atoms with Crippen LogP contribution in [0.2, 0.25) is 0 Å². The second-order valence-electron chi connectivity index (χ2n) is 4.86. The molecule has 1 atom stereocenters.